The van der Waals surface area contributed by atoms with Gasteiger partial charge in [0, 0.05) is 64.6 Å². The van der Waals surface area contributed by atoms with Gasteiger partial charge >= 0.3 is 0 Å². The topological polar surface area (TPSA) is 54.6 Å². The lowest BCUT2D eigenvalue weighted by molar-refractivity contribution is -0.528. The SMILES string of the molecule is [C-]#[N+]C(C#N)=C1C(=C2c3ccccc3C(=[N+](CCCCCCC)CCCCCCC)c3ccccc32)C(O)=C1c1c2ccccc2c(N(CCCCCCC)CCCCCCC)c2ccccc12. The number of nitrogens with zero attached hydrogens (tertiary/aromatic N) is 4. The summed E-state index contributed by atoms with van der Waals surface area (Å²) in [6.07, 6.45) is 24.5. The number of aliphatic hydroxyl groups excluding tert-OH is 1. The lowest BCUT2D eigenvalue weighted by atomic mass is 9.69. The molecule has 0 unspecified atom stereocenters. The number of anilines is 1. The number of nitriles is 1. The standard InChI is InChI=1S/C63H76N4O/c1-6-10-14-18-30-42-66(43-31-19-15-11-7-2)61-51-38-26-22-34-47(51)56(48-35-23-27-39-52(48)61)59-58(55(46-64)65-5)60(63(59)68)57-49-36-24-28-40-53(49)62(54-41-29-25-37-50(54)57)67(44-32-20-16-12-8-3)45-33-21-17-13-9-4/h22-29,34-41H,6-21,30-33,42-45H2,1-4H3/p+1. The van der Waals surface area contributed by atoms with Gasteiger partial charge in [-0.05, 0) is 59.7 Å². The second kappa shape index (κ2) is 25.5. The van der Waals surface area contributed by atoms with Gasteiger partial charge < -0.3 is 10.0 Å². The first-order valence-electron chi connectivity index (χ1n) is 26.7. The third-order valence-corrected chi connectivity index (χ3v) is 14.5. The highest BCUT2D eigenvalue weighted by molar-refractivity contribution is 6.25. The Morgan fingerprint density at radius 3 is 1.34 bits per heavy atom. The molecule has 2 aliphatic carbocycles. The molecule has 0 fully saturated rings. The van der Waals surface area contributed by atoms with E-state index in [1.807, 2.05) is 0 Å². The van der Waals surface area contributed by atoms with Crippen molar-refractivity contribution in [3.8, 4) is 6.07 Å². The second-order valence-corrected chi connectivity index (χ2v) is 19.3. The van der Waals surface area contributed by atoms with Crippen molar-refractivity contribution in [2.24, 2.45) is 0 Å². The number of aliphatic hydroxyl groups is 1. The molecule has 0 radical (unpaired) electrons. The first kappa shape index (κ1) is 50.0. The van der Waals surface area contributed by atoms with Crippen LogP contribution in [0.15, 0.2) is 120 Å². The highest BCUT2D eigenvalue weighted by Gasteiger charge is 2.42. The van der Waals surface area contributed by atoms with Gasteiger partial charge in [0.1, 0.15) is 18.8 Å². The van der Waals surface area contributed by atoms with Crippen molar-refractivity contribution in [3.05, 3.63) is 159 Å². The summed E-state index contributed by atoms with van der Waals surface area (Å²) in [6, 6.07) is 36.9. The minimum Gasteiger partial charge on any atom is -0.507 e. The van der Waals surface area contributed by atoms with Crippen molar-refractivity contribution in [2.75, 3.05) is 31.1 Å². The summed E-state index contributed by atoms with van der Waals surface area (Å²) in [4.78, 5) is 6.58. The fourth-order valence-corrected chi connectivity index (χ4v) is 11.0. The lowest BCUT2D eigenvalue weighted by Crippen LogP contribution is -2.30. The van der Waals surface area contributed by atoms with Crippen molar-refractivity contribution in [2.45, 2.75) is 156 Å². The molecule has 7 rings (SSSR count). The molecule has 0 saturated carbocycles. The predicted molar refractivity (Wildman–Crippen MR) is 290 cm³/mol. The third kappa shape index (κ3) is 11.0. The van der Waals surface area contributed by atoms with Crippen molar-refractivity contribution >= 4 is 44.1 Å². The molecule has 5 heteroatoms. The summed E-state index contributed by atoms with van der Waals surface area (Å²) in [6.45, 7) is 21.5. The van der Waals surface area contributed by atoms with Crippen LogP contribution in [0, 0.1) is 17.9 Å². The van der Waals surface area contributed by atoms with Crippen molar-refractivity contribution < 1.29 is 9.68 Å². The van der Waals surface area contributed by atoms with Gasteiger partial charge in [-0.2, -0.15) is 0 Å². The minimum atomic E-state index is 0.00356. The van der Waals surface area contributed by atoms with E-state index in [-0.39, 0.29) is 11.5 Å². The number of hydrogen-bond donors (Lipinski definition) is 1. The molecule has 0 bridgehead atoms. The van der Waals surface area contributed by atoms with Crippen LogP contribution in [-0.2, 0) is 0 Å². The maximum absolute atomic E-state index is 13.0. The van der Waals surface area contributed by atoms with Crippen LogP contribution in [0.3, 0.4) is 0 Å². The first-order valence-corrected chi connectivity index (χ1v) is 26.7. The molecule has 0 spiro atoms. The highest BCUT2D eigenvalue weighted by atomic mass is 16.3. The van der Waals surface area contributed by atoms with Crippen LogP contribution >= 0.6 is 0 Å². The summed E-state index contributed by atoms with van der Waals surface area (Å²) in [5, 5.41) is 28.2. The molecular weight excluding hydrogens is 829 g/mol. The van der Waals surface area contributed by atoms with Crippen molar-refractivity contribution in [1.82, 2.24) is 0 Å². The van der Waals surface area contributed by atoms with Gasteiger partial charge in [0.05, 0.1) is 29.5 Å². The van der Waals surface area contributed by atoms with Crippen LogP contribution in [0.1, 0.15) is 184 Å². The fourth-order valence-electron chi connectivity index (χ4n) is 11.0. The Morgan fingerprint density at radius 2 is 0.912 bits per heavy atom. The van der Waals surface area contributed by atoms with Gasteiger partial charge in [-0.15, -0.1) is 0 Å². The van der Waals surface area contributed by atoms with Crippen LogP contribution in [0.2, 0.25) is 0 Å². The molecular formula is C63H77N4O+. The summed E-state index contributed by atoms with van der Waals surface area (Å²) in [7, 11) is 0. The van der Waals surface area contributed by atoms with E-state index in [4.69, 9.17) is 6.57 Å². The Kier molecular flexibility index (Phi) is 18.7. The summed E-state index contributed by atoms with van der Waals surface area (Å²) in [5.74, 6) is 0.148. The molecule has 5 nitrogen and oxygen atoms in total. The molecule has 0 heterocycles. The number of benzene rings is 5. The lowest BCUT2D eigenvalue weighted by Gasteiger charge is -2.35. The molecule has 68 heavy (non-hydrogen) atoms. The van der Waals surface area contributed by atoms with Gasteiger partial charge in [-0.25, -0.2) is 14.7 Å². The van der Waals surface area contributed by atoms with E-state index in [1.54, 1.807) is 0 Å². The van der Waals surface area contributed by atoms with Crippen LogP contribution in [0.5, 0.6) is 0 Å². The number of hydrogen-bond acceptors (Lipinski definition) is 3. The van der Waals surface area contributed by atoms with Gasteiger partial charge in [-0.1, -0.05) is 203 Å². The Balaban J connectivity index is 1.44. The molecule has 0 aromatic heterocycles. The molecule has 0 atom stereocenters. The van der Waals surface area contributed by atoms with Crippen LogP contribution in [-0.4, -0.2) is 41.6 Å². The predicted octanol–water partition coefficient (Wildman–Crippen LogP) is 17.3. The zero-order chi connectivity index (χ0) is 47.7. The average molecular weight is 906 g/mol. The fraction of sp³-hybridized carbons (Fsp3) is 0.444. The van der Waals surface area contributed by atoms with Crippen molar-refractivity contribution in [3.63, 3.8) is 0 Å². The van der Waals surface area contributed by atoms with Gasteiger partial charge in [-0.3, -0.25) is 0 Å². The summed E-state index contributed by atoms with van der Waals surface area (Å²) >= 11 is 0. The monoisotopic (exact) mass is 906 g/mol. The first-order chi connectivity index (χ1) is 33.5. The molecule has 0 aliphatic heterocycles. The number of allylic oxidation sites excluding steroid dienone is 3. The maximum Gasteiger partial charge on any atom is 0.270 e. The van der Waals surface area contributed by atoms with Crippen LogP contribution < -0.4 is 4.90 Å². The van der Waals surface area contributed by atoms with Crippen LogP contribution in [0.25, 0.3) is 37.5 Å². The van der Waals surface area contributed by atoms with E-state index in [9.17, 15) is 10.4 Å². The maximum atomic E-state index is 13.0. The Labute approximate surface area is 409 Å². The zero-order valence-corrected chi connectivity index (χ0v) is 41.9. The Bertz CT molecular complexity index is 2580. The van der Waals surface area contributed by atoms with Gasteiger partial charge in [0.25, 0.3) is 5.70 Å². The number of fused-ring (bicyclic) bond motifs is 4. The Morgan fingerprint density at radius 1 is 0.515 bits per heavy atom. The molecule has 1 N–H and O–H groups in total. The molecule has 354 valence electrons. The molecule has 0 amide bonds. The molecule has 0 saturated heterocycles. The Hall–Kier alpha value is -5.91. The third-order valence-electron chi connectivity index (χ3n) is 14.5. The largest absolute Gasteiger partial charge is 0.507 e. The van der Waals surface area contributed by atoms with Crippen LogP contribution in [0.4, 0.5) is 5.69 Å². The molecule has 5 aromatic carbocycles. The van der Waals surface area contributed by atoms with Gasteiger partial charge in [0.15, 0.2) is 0 Å². The molecule has 2 aliphatic rings. The quantitative estimate of drug-likeness (QED) is 0.0194. The van der Waals surface area contributed by atoms with E-state index < -0.39 is 0 Å². The van der Waals surface area contributed by atoms with E-state index >= 15 is 0 Å². The summed E-state index contributed by atoms with van der Waals surface area (Å²) in [5.41, 5.74) is 10.3. The van der Waals surface area contributed by atoms with Crippen molar-refractivity contribution in [1.29, 1.82) is 5.26 Å². The highest BCUT2D eigenvalue weighted by Crippen LogP contribution is 2.56. The second-order valence-electron chi connectivity index (χ2n) is 19.3. The smallest absolute Gasteiger partial charge is 0.270 e. The number of rotatable bonds is 26. The average Bonchev–Trinajstić information content (AvgIpc) is 3.37. The van der Waals surface area contributed by atoms with E-state index in [0.29, 0.717) is 16.7 Å². The zero-order valence-electron chi connectivity index (χ0n) is 41.9. The van der Waals surface area contributed by atoms with E-state index in [1.165, 1.54) is 114 Å². The number of unbranched alkanes of at least 4 members (excludes halogenated alkanes) is 16. The minimum absolute atomic E-state index is 0.00356. The van der Waals surface area contributed by atoms with E-state index in [0.717, 1.165) is 107 Å². The normalized spacial score (nSPS) is 13.9. The van der Waals surface area contributed by atoms with E-state index in [2.05, 4.69) is 145 Å². The summed E-state index contributed by atoms with van der Waals surface area (Å²) < 4.78 is 2.65. The van der Waals surface area contributed by atoms with Gasteiger partial charge in [0.2, 0.25) is 5.71 Å². The molecule has 5 aromatic rings.